The molecule has 29 heavy (non-hydrogen) atoms. The van der Waals surface area contributed by atoms with Crippen molar-refractivity contribution in [2.75, 3.05) is 26.2 Å². The van der Waals surface area contributed by atoms with E-state index in [1.54, 1.807) is 12.1 Å². The van der Waals surface area contributed by atoms with E-state index in [-0.39, 0.29) is 24.3 Å². The first-order valence-electron chi connectivity index (χ1n) is 10.1. The first-order chi connectivity index (χ1) is 14.0. The Morgan fingerprint density at radius 3 is 2.52 bits per heavy atom. The molecular formula is C23H25N3O3. The third-order valence-corrected chi connectivity index (χ3v) is 5.57. The number of nitrogens with zero attached hydrogens (tertiary/aromatic N) is 2. The highest BCUT2D eigenvalue weighted by atomic mass is 16.2. The molecule has 2 aliphatic rings. The molecule has 1 saturated heterocycles. The average molecular weight is 391 g/mol. The Balaban J connectivity index is 1.44. The molecular weight excluding hydrogens is 366 g/mol. The van der Waals surface area contributed by atoms with Crippen LogP contribution in [0.1, 0.15) is 55.0 Å². The maximum Gasteiger partial charge on any atom is 0.261 e. The summed E-state index contributed by atoms with van der Waals surface area (Å²) in [4.78, 5) is 41.6. The Morgan fingerprint density at radius 1 is 1.00 bits per heavy atom. The lowest BCUT2D eigenvalue weighted by atomic mass is 10.1. The smallest absolute Gasteiger partial charge is 0.261 e. The second-order valence-corrected chi connectivity index (χ2v) is 7.75. The van der Waals surface area contributed by atoms with E-state index in [1.165, 1.54) is 23.8 Å². The van der Waals surface area contributed by atoms with Crippen LogP contribution in [0.5, 0.6) is 0 Å². The van der Waals surface area contributed by atoms with Gasteiger partial charge in [0, 0.05) is 18.7 Å². The number of hydrogen-bond acceptors (Lipinski definition) is 4. The van der Waals surface area contributed by atoms with Gasteiger partial charge in [-0.3, -0.25) is 19.3 Å². The molecule has 0 aliphatic carbocycles. The van der Waals surface area contributed by atoms with Crippen LogP contribution in [0, 0.1) is 6.92 Å². The lowest BCUT2D eigenvalue weighted by molar-refractivity contribution is 0.0642. The number of rotatable bonds is 6. The Kier molecular flexibility index (Phi) is 5.45. The first kappa shape index (κ1) is 19.3. The van der Waals surface area contributed by atoms with Gasteiger partial charge in [0.05, 0.1) is 17.7 Å². The minimum atomic E-state index is -0.349. The zero-order valence-electron chi connectivity index (χ0n) is 16.6. The van der Waals surface area contributed by atoms with Gasteiger partial charge in [-0.2, -0.15) is 0 Å². The zero-order chi connectivity index (χ0) is 20.4. The summed E-state index contributed by atoms with van der Waals surface area (Å²) >= 11 is 0. The molecule has 0 saturated carbocycles. The van der Waals surface area contributed by atoms with Crippen molar-refractivity contribution in [3.63, 3.8) is 0 Å². The predicted octanol–water partition coefficient (Wildman–Crippen LogP) is 2.62. The molecule has 3 amide bonds. The molecule has 4 rings (SSSR count). The molecule has 1 N–H and O–H groups in total. The summed E-state index contributed by atoms with van der Waals surface area (Å²) < 4.78 is 0. The van der Waals surface area contributed by atoms with E-state index in [1.807, 2.05) is 31.2 Å². The lowest BCUT2D eigenvalue weighted by Gasteiger charge is -2.14. The van der Waals surface area contributed by atoms with Crippen molar-refractivity contribution in [1.82, 2.24) is 15.1 Å². The summed E-state index contributed by atoms with van der Waals surface area (Å²) in [7, 11) is 0. The van der Waals surface area contributed by atoms with Gasteiger partial charge in [0.2, 0.25) is 0 Å². The van der Waals surface area contributed by atoms with E-state index in [2.05, 4.69) is 10.2 Å². The quantitative estimate of drug-likeness (QED) is 0.769. The molecule has 2 aliphatic heterocycles. The normalized spacial score (nSPS) is 16.4. The highest BCUT2D eigenvalue weighted by Gasteiger charge is 2.36. The van der Waals surface area contributed by atoms with Crippen LogP contribution in [-0.2, 0) is 6.54 Å². The van der Waals surface area contributed by atoms with E-state index < -0.39 is 0 Å². The lowest BCUT2D eigenvalue weighted by Crippen LogP contribution is -2.33. The number of fused-ring (bicyclic) bond motifs is 1. The molecule has 150 valence electrons. The SMILES string of the molecule is Cc1cccc(CN2C(=O)c3ccc(C(=O)NCCN4CCCC4)cc3C2=O)c1. The Morgan fingerprint density at radius 2 is 1.76 bits per heavy atom. The van der Waals surface area contributed by atoms with Gasteiger partial charge in [-0.1, -0.05) is 29.8 Å². The van der Waals surface area contributed by atoms with Crippen molar-refractivity contribution >= 4 is 17.7 Å². The standard InChI is InChI=1S/C23H25N3O3/c1-16-5-4-6-17(13-16)15-26-22(28)19-8-7-18(14-20(19)23(26)29)21(27)24-9-12-25-10-2-3-11-25/h4-8,13-14H,2-3,9-12,15H2,1H3,(H,24,27). The van der Waals surface area contributed by atoms with Gasteiger partial charge in [-0.15, -0.1) is 0 Å². The third kappa shape index (κ3) is 4.07. The fraction of sp³-hybridized carbons (Fsp3) is 0.348. The number of amides is 3. The highest BCUT2D eigenvalue weighted by molar-refractivity contribution is 6.22. The van der Waals surface area contributed by atoms with Gasteiger partial charge in [0.25, 0.3) is 17.7 Å². The molecule has 0 bridgehead atoms. The van der Waals surface area contributed by atoms with Gasteiger partial charge < -0.3 is 10.2 Å². The molecule has 2 aromatic carbocycles. The molecule has 0 atom stereocenters. The molecule has 0 aromatic heterocycles. The molecule has 0 unspecified atom stereocenters. The number of likely N-dealkylation sites (tertiary alicyclic amines) is 1. The van der Waals surface area contributed by atoms with Crippen molar-refractivity contribution in [3.05, 3.63) is 70.3 Å². The van der Waals surface area contributed by atoms with Gasteiger partial charge in [0.1, 0.15) is 0 Å². The molecule has 1 fully saturated rings. The average Bonchev–Trinajstić information content (AvgIpc) is 3.31. The second kappa shape index (κ2) is 8.17. The van der Waals surface area contributed by atoms with Gasteiger partial charge >= 0.3 is 0 Å². The molecule has 6 heteroatoms. The number of benzene rings is 2. The number of aryl methyl sites for hydroxylation is 1. The van der Waals surface area contributed by atoms with Crippen molar-refractivity contribution < 1.29 is 14.4 Å². The van der Waals surface area contributed by atoms with Crippen LogP contribution in [0.25, 0.3) is 0 Å². The van der Waals surface area contributed by atoms with Crippen LogP contribution < -0.4 is 5.32 Å². The summed E-state index contributed by atoms with van der Waals surface area (Å²) in [6.07, 6.45) is 2.43. The van der Waals surface area contributed by atoms with Crippen molar-refractivity contribution in [1.29, 1.82) is 0 Å². The Hall–Kier alpha value is -2.99. The monoisotopic (exact) mass is 391 g/mol. The van der Waals surface area contributed by atoms with Crippen LogP contribution in [0.2, 0.25) is 0 Å². The summed E-state index contributed by atoms with van der Waals surface area (Å²) in [5.74, 6) is -0.880. The van der Waals surface area contributed by atoms with E-state index in [0.29, 0.717) is 23.2 Å². The topological polar surface area (TPSA) is 69.7 Å². The van der Waals surface area contributed by atoms with Crippen LogP contribution in [0.3, 0.4) is 0 Å². The van der Waals surface area contributed by atoms with Gasteiger partial charge in [0.15, 0.2) is 0 Å². The van der Waals surface area contributed by atoms with Gasteiger partial charge in [-0.25, -0.2) is 0 Å². The largest absolute Gasteiger partial charge is 0.351 e. The van der Waals surface area contributed by atoms with E-state index in [9.17, 15) is 14.4 Å². The van der Waals surface area contributed by atoms with Crippen LogP contribution in [0.4, 0.5) is 0 Å². The summed E-state index contributed by atoms with van der Waals surface area (Å²) in [5, 5.41) is 2.91. The molecule has 0 spiro atoms. The van der Waals surface area contributed by atoms with Crippen molar-refractivity contribution in [2.45, 2.75) is 26.3 Å². The molecule has 6 nitrogen and oxygen atoms in total. The van der Waals surface area contributed by atoms with Crippen LogP contribution >= 0.6 is 0 Å². The number of carbonyl (C=O) groups excluding carboxylic acids is 3. The third-order valence-electron chi connectivity index (χ3n) is 5.57. The van der Waals surface area contributed by atoms with Crippen molar-refractivity contribution in [2.24, 2.45) is 0 Å². The number of nitrogens with one attached hydrogen (secondary N) is 1. The molecule has 2 aromatic rings. The summed E-state index contributed by atoms with van der Waals surface area (Å²) in [5.41, 5.74) is 3.04. The summed E-state index contributed by atoms with van der Waals surface area (Å²) in [6, 6.07) is 12.5. The Labute approximate surface area is 170 Å². The highest BCUT2D eigenvalue weighted by Crippen LogP contribution is 2.26. The first-order valence-corrected chi connectivity index (χ1v) is 10.1. The van der Waals surface area contributed by atoms with E-state index in [4.69, 9.17) is 0 Å². The minimum Gasteiger partial charge on any atom is -0.351 e. The fourth-order valence-electron chi connectivity index (χ4n) is 4.00. The Bertz CT molecular complexity index is 964. The van der Waals surface area contributed by atoms with E-state index >= 15 is 0 Å². The number of carbonyl (C=O) groups is 3. The van der Waals surface area contributed by atoms with Crippen molar-refractivity contribution in [3.8, 4) is 0 Å². The fourth-order valence-corrected chi connectivity index (χ4v) is 4.00. The maximum absolute atomic E-state index is 12.8. The molecule has 2 heterocycles. The van der Waals surface area contributed by atoms with E-state index in [0.717, 1.165) is 30.8 Å². The zero-order valence-corrected chi connectivity index (χ0v) is 16.6. The number of hydrogen-bond donors (Lipinski definition) is 1. The van der Waals surface area contributed by atoms with Crippen LogP contribution in [0.15, 0.2) is 42.5 Å². The number of imide groups is 1. The maximum atomic E-state index is 12.8. The van der Waals surface area contributed by atoms with Gasteiger partial charge in [-0.05, 0) is 56.6 Å². The van der Waals surface area contributed by atoms with Crippen LogP contribution in [-0.4, -0.2) is 53.7 Å². The minimum absolute atomic E-state index is 0.218. The second-order valence-electron chi connectivity index (χ2n) is 7.75. The molecule has 0 radical (unpaired) electrons. The summed E-state index contributed by atoms with van der Waals surface area (Å²) in [6.45, 7) is 5.77. The predicted molar refractivity (Wildman–Crippen MR) is 110 cm³/mol.